The molecule has 1 saturated heterocycles. The fourth-order valence-electron chi connectivity index (χ4n) is 2.64. The van der Waals surface area contributed by atoms with E-state index in [1.807, 2.05) is 54.6 Å². The summed E-state index contributed by atoms with van der Waals surface area (Å²) in [5, 5.41) is 0. The van der Waals surface area contributed by atoms with Crippen molar-refractivity contribution in [1.29, 1.82) is 0 Å². The number of rotatable bonds is 4. The van der Waals surface area contributed by atoms with Crippen LogP contribution in [0.15, 0.2) is 54.1 Å². The van der Waals surface area contributed by atoms with Crippen LogP contribution < -0.4 is 9.47 Å². The highest BCUT2D eigenvalue weighted by Gasteiger charge is 2.29. The Balaban J connectivity index is 1.84. The lowest BCUT2D eigenvalue weighted by atomic mass is 10.0. The topological polar surface area (TPSA) is 44.8 Å². The monoisotopic (exact) mass is 310 g/mol. The second-order valence-corrected chi connectivity index (χ2v) is 5.29. The first kappa shape index (κ1) is 15.2. The molecule has 0 radical (unpaired) electrons. The summed E-state index contributed by atoms with van der Waals surface area (Å²) in [6.07, 6.45) is 2.19. The minimum Gasteiger partial charge on any atom is -0.493 e. The Bertz CT molecular complexity index is 734. The minimum atomic E-state index is -0.270. The van der Waals surface area contributed by atoms with Crippen LogP contribution >= 0.6 is 0 Å². The molecule has 2 aromatic carbocycles. The number of hydrogen-bond acceptors (Lipinski definition) is 4. The zero-order valence-electron chi connectivity index (χ0n) is 13.1. The molecule has 3 rings (SSSR count). The maximum atomic E-state index is 12.1. The van der Waals surface area contributed by atoms with Gasteiger partial charge >= 0.3 is 5.97 Å². The van der Waals surface area contributed by atoms with E-state index in [4.69, 9.17) is 14.2 Å². The summed E-state index contributed by atoms with van der Waals surface area (Å²) in [4.78, 5) is 12.1. The number of cyclic esters (lactones) is 1. The highest BCUT2D eigenvalue weighted by atomic mass is 16.5. The first-order valence-corrected chi connectivity index (χ1v) is 7.40. The van der Waals surface area contributed by atoms with Crippen LogP contribution in [0.1, 0.15) is 23.7 Å². The van der Waals surface area contributed by atoms with Crippen LogP contribution in [0.25, 0.3) is 6.08 Å². The van der Waals surface area contributed by atoms with E-state index < -0.39 is 0 Å². The van der Waals surface area contributed by atoms with Crippen molar-refractivity contribution in [3.8, 4) is 11.5 Å². The van der Waals surface area contributed by atoms with E-state index in [0.717, 1.165) is 11.1 Å². The van der Waals surface area contributed by atoms with Crippen molar-refractivity contribution < 1.29 is 19.0 Å². The second-order valence-electron chi connectivity index (χ2n) is 5.29. The number of hydrogen-bond donors (Lipinski definition) is 0. The summed E-state index contributed by atoms with van der Waals surface area (Å²) in [5.74, 6) is 1.02. The van der Waals surface area contributed by atoms with Gasteiger partial charge in [0.25, 0.3) is 0 Å². The molecule has 0 aliphatic carbocycles. The zero-order valence-corrected chi connectivity index (χ0v) is 13.1. The van der Waals surface area contributed by atoms with Gasteiger partial charge in [-0.15, -0.1) is 0 Å². The second kappa shape index (κ2) is 6.57. The molecule has 1 aliphatic heterocycles. The standard InChI is InChI=1S/C19H18O4/c1-21-16-9-8-13(11-18(16)22-2)10-15-12-17(23-19(15)20)14-6-4-3-5-7-14/h3-11,17H,12H2,1-2H3/b15-10+. The summed E-state index contributed by atoms with van der Waals surface area (Å²) in [6.45, 7) is 0. The van der Waals surface area contributed by atoms with Gasteiger partial charge in [0.2, 0.25) is 0 Å². The molecule has 4 heteroatoms. The average Bonchev–Trinajstić information content (AvgIpc) is 2.96. The number of methoxy groups -OCH3 is 2. The molecule has 23 heavy (non-hydrogen) atoms. The van der Waals surface area contributed by atoms with Crippen LogP contribution in [0.3, 0.4) is 0 Å². The van der Waals surface area contributed by atoms with Gasteiger partial charge in [-0.1, -0.05) is 36.4 Å². The number of ether oxygens (including phenoxy) is 3. The van der Waals surface area contributed by atoms with Gasteiger partial charge in [0.15, 0.2) is 11.5 Å². The lowest BCUT2D eigenvalue weighted by molar-refractivity contribution is -0.139. The average molecular weight is 310 g/mol. The van der Waals surface area contributed by atoms with Gasteiger partial charge in [-0.2, -0.15) is 0 Å². The largest absolute Gasteiger partial charge is 0.493 e. The van der Waals surface area contributed by atoms with Gasteiger partial charge < -0.3 is 14.2 Å². The van der Waals surface area contributed by atoms with E-state index in [-0.39, 0.29) is 12.1 Å². The first-order chi connectivity index (χ1) is 11.2. The Morgan fingerprint density at radius 1 is 1.04 bits per heavy atom. The maximum Gasteiger partial charge on any atom is 0.334 e. The summed E-state index contributed by atoms with van der Waals surface area (Å²) in [6, 6.07) is 15.3. The van der Waals surface area contributed by atoms with Crippen molar-refractivity contribution in [2.45, 2.75) is 12.5 Å². The molecule has 0 saturated carbocycles. The summed E-state index contributed by atoms with van der Waals surface area (Å²) in [7, 11) is 3.18. The van der Waals surface area contributed by atoms with Crippen LogP contribution in [0, 0.1) is 0 Å². The number of esters is 1. The Morgan fingerprint density at radius 2 is 1.78 bits per heavy atom. The molecule has 118 valence electrons. The van der Waals surface area contributed by atoms with Crippen molar-refractivity contribution in [2.24, 2.45) is 0 Å². The van der Waals surface area contributed by atoms with Gasteiger partial charge in [0.1, 0.15) is 6.10 Å². The van der Waals surface area contributed by atoms with Gasteiger partial charge in [0.05, 0.1) is 14.2 Å². The van der Waals surface area contributed by atoms with Crippen molar-refractivity contribution in [3.05, 3.63) is 65.2 Å². The van der Waals surface area contributed by atoms with E-state index in [9.17, 15) is 4.79 Å². The molecule has 2 aromatic rings. The highest BCUT2D eigenvalue weighted by molar-refractivity contribution is 5.95. The molecule has 1 fully saturated rings. The van der Waals surface area contributed by atoms with E-state index in [1.54, 1.807) is 14.2 Å². The highest BCUT2D eigenvalue weighted by Crippen LogP contribution is 2.35. The number of benzene rings is 2. The molecule has 0 aromatic heterocycles. The number of carbonyl (C=O) groups excluding carboxylic acids is 1. The van der Waals surface area contributed by atoms with Crippen LogP contribution in [0.5, 0.6) is 11.5 Å². The molecule has 4 nitrogen and oxygen atoms in total. The first-order valence-electron chi connectivity index (χ1n) is 7.40. The van der Waals surface area contributed by atoms with Crippen LogP contribution in [-0.4, -0.2) is 20.2 Å². The van der Waals surface area contributed by atoms with Crippen molar-refractivity contribution in [3.63, 3.8) is 0 Å². The fourth-order valence-corrected chi connectivity index (χ4v) is 2.64. The van der Waals surface area contributed by atoms with Gasteiger partial charge in [-0.25, -0.2) is 4.79 Å². The predicted molar refractivity (Wildman–Crippen MR) is 87.4 cm³/mol. The van der Waals surface area contributed by atoms with E-state index >= 15 is 0 Å². The third-order valence-electron chi connectivity index (χ3n) is 3.84. The smallest absolute Gasteiger partial charge is 0.334 e. The molecule has 1 unspecified atom stereocenters. The van der Waals surface area contributed by atoms with E-state index in [2.05, 4.69) is 0 Å². The van der Waals surface area contributed by atoms with Crippen molar-refractivity contribution in [1.82, 2.24) is 0 Å². The van der Waals surface area contributed by atoms with Crippen LogP contribution in [0.2, 0.25) is 0 Å². The normalized spacial score (nSPS) is 18.8. The summed E-state index contributed by atoms with van der Waals surface area (Å²) < 4.78 is 16.0. The lowest BCUT2D eigenvalue weighted by Gasteiger charge is -2.08. The van der Waals surface area contributed by atoms with Gasteiger partial charge in [-0.3, -0.25) is 0 Å². The quantitative estimate of drug-likeness (QED) is 0.637. The molecule has 0 N–H and O–H groups in total. The van der Waals surface area contributed by atoms with Crippen molar-refractivity contribution in [2.75, 3.05) is 14.2 Å². The van der Waals surface area contributed by atoms with Crippen LogP contribution in [0.4, 0.5) is 0 Å². The minimum absolute atomic E-state index is 0.213. The van der Waals surface area contributed by atoms with E-state index in [0.29, 0.717) is 23.5 Å². The predicted octanol–water partition coefficient (Wildman–Crippen LogP) is 3.78. The van der Waals surface area contributed by atoms with Crippen molar-refractivity contribution >= 4 is 12.0 Å². The Morgan fingerprint density at radius 3 is 2.48 bits per heavy atom. The van der Waals surface area contributed by atoms with E-state index in [1.165, 1.54) is 0 Å². The summed E-state index contributed by atoms with van der Waals surface area (Å²) >= 11 is 0. The zero-order chi connectivity index (χ0) is 16.2. The molecular formula is C19H18O4. The summed E-state index contributed by atoms with van der Waals surface area (Å²) in [5.41, 5.74) is 2.55. The van der Waals surface area contributed by atoms with Gasteiger partial charge in [-0.05, 0) is 29.3 Å². The SMILES string of the molecule is COc1ccc(/C=C2\CC(c3ccccc3)OC2=O)cc1OC. The third-order valence-corrected chi connectivity index (χ3v) is 3.84. The Labute approximate surface area is 135 Å². The number of carbonyl (C=O) groups is 1. The molecule has 0 amide bonds. The molecule has 1 aliphatic rings. The van der Waals surface area contributed by atoms with Gasteiger partial charge in [0, 0.05) is 12.0 Å². The lowest BCUT2D eigenvalue weighted by Crippen LogP contribution is -1.98. The fraction of sp³-hybridized carbons (Fsp3) is 0.211. The van der Waals surface area contributed by atoms with Crippen LogP contribution in [-0.2, 0) is 9.53 Å². The Kier molecular flexibility index (Phi) is 4.33. The Hall–Kier alpha value is -2.75. The molecule has 0 spiro atoms. The molecule has 1 atom stereocenters. The maximum absolute atomic E-state index is 12.1. The molecule has 1 heterocycles. The molecular weight excluding hydrogens is 292 g/mol. The molecule has 0 bridgehead atoms. The third kappa shape index (κ3) is 3.21.